The average molecular weight is 344 g/mol. The van der Waals surface area contributed by atoms with Crippen LogP contribution in [0.2, 0.25) is 0 Å². The van der Waals surface area contributed by atoms with Gasteiger partial charge in [0, 0.05) is 0 Å². The van der Waals surface area contributed by atoms with Gasteiger partial charge in [-0.2, -0.15) is 0 Å². The fraction of sp³-hybridized carbons (Fsp3) is 0.125. The van der Waals surface area contributed by atoms with Crippen LogP contribution >= 0.6 is 15.9 Å². The molecule has 0 saturated carbocycles. The highest BCUT2D eigenvalue weighted by atomic mass is 79.9. The number of benzene rings is 2. The zero-order valence-corrected chi connectivity index (χ0v) is 12.9. The number of hydrogen-bond acceptors (Lipinski definition) is 3. The fourth-order valence-corrected chi connectivity index (χ4v) is 2.36. The SMILES string of the molecule is Brc1nnc(OCc2ccccc2)n1Cc1ccccc1. The molecular weight excluding hydrogens is 330 g/mol. The summed E-state index contributed by atoms with van der Waals surface area (Å²) < 4.78 is 8.34. The van der Waals surface area contributed by atoms with Crippen molar-refractivity contribution < 1.29 is 4.74 Å². The highest BCUT2D eigenvalue weighted by molar-refractivity contribution is 9.10. The molecule has 0 fully saturated rings. The molecule has 0 bridgehead atoms. The maximum Gasteiger partial charge on any atom is 0.318 e. The van der Waals surface area contributed by atoms with Crippen LogP contribution in [-0.4, -0.2) is 14.8 Å². The van der Waals surface area contributed by atoms with E-state index in [1.54, 1.807) is 0 Å². The van der Waals surface area contributed by atoms with Gasteiger partial charge in [0.15, 0.2) is 0 Å². The van der Waals surface area contributed by atoms with Crippen molar-refractivity contribution >= 4 is 15.9 Å². The monoisotopic (exact) mass is 343 g/mol. The van der Waals surface area contributed by atoms with Crippen molar-refractivity contribution in [1.29, 1.82) is 0 Å². The van der Waals surface area contributed by atoms with Crippen LogP contribution in [-0.2, 0) is 13.2 Å². The third-order valence-corrected chi connectivity index (χ3v) is 3.65. The maximum atomic E-state index is 5.78. The second kappa shape index (κ2) is 6.54. The number of nitrogens with zero attached hydrogens (tertiary/aromatic N) is 3. The smallest absolute Gasteiger partial charge is 0.318 e. The molecule has 0 radical (unpaired) electrons. The van der Waals surface area contributed by atoms with E-state index < -0.39 is 0 Å². The Balaban J connectivity index is 1.74. The van der Waals surface area contributed by atoms with Crippen LogP contribution in [0.1, 0.15) is 11.1 Å². The van der Waals surface area contributed by atoms with Crippen LogP contribution in [0.25, 0.3) is 0 Å². The molecule has 0 N–H and O–H groups in total. The third kappa shape index (κ3) is 3.49. The molecule has 5 heteroatoms. The number of hydrogen-bond donors (Lipinski definition) is 0. The third-order valence-electron chi connectivity index (χ3n) is 3.07. The zero-order chi connectivity index (χ0) is 14.5. The van der Waals surface area contributed by atoms with E-state index in [9.17, 15) is 0 Å². The van der Waals surface area contributed by atoms with Crippen LogP contribution in [0.15, 0.2) is 65.4 Å². The Morgan fingerprint density at radius 3 is 2.14 bits per heavy atom. The first-order valence-electron chi connectivity index (χ1n) is 6.62. The van der Waals surface area contributed by atoms with Crippen LogP contribution < -0.4 is 4.74 Å². The Hall–Kier alpha value is -2.14. The average Bonchev–Trinajstić information content (AvgIpc) is 2.88. The fourth-order valence-electron chi connectivity index (χ4n) is 2.00. The molecule has 0 unspecified atom stereocenters. The Bertz CT molecular complexity index is 698. The van der Waals surface area contributed by atoms with Gasteiger partial charge in [-0.05, 0) is 27.1 Å². The molecule has 21 heavy (non-hydrogen) atoms. The molecule has 1 aromatic heterocycles. The van der Waals surface area contributed by atoms with Crippen LogP contribution in [0.5, 0.6) is 6.01 Å². The largest absolute Gasteiger partial charge is 0.459 e. The van der Waals surface area contributed by atoms with E-state index in [1.807, 2.05) is 53.1 Å². The first kappa shape index (κ1) is 13.8. The molecule has 2 aromatic carbocycles. The molecule has 0 aliphatic carbocycles. The van der Waals surface area contributed by atoms with E-state index in [0.29, 0.717) is 23.9 Å². The van der Waals surface area contributed by atoms with Crippen LogP contribution in [0.3, 0.4) is 0 Å². The van der Waals surface area contributed by atoms with Crippen molar-refractivity contribution in [2.75, 3.05) is 0 Å². The van der Waals surface area contributed by atoms with Crippen LogP contribution in [0, 0.1) is 0 Å². The lowest BCUT2D eigenvalue weighted by Gasteiger charge is -2.09. The molecule has 0 aliphatic rings. The maximum absolute atomic E-state index is 5.78. The highest BCUT2D eigenvalue weighted by Crippen LogP contribution is 2.18. The molecule has 0 atom stereocenters. The lowest BCUT2D eigenvalue weighted by molar-refractivity contribution is 0.267. The highest BCUT2D eigenvalue weighted by Gasteiger charge is 2.11. The molecule has 0 saturated heterocycles. The summed E-state index contributed by atoms with van der Waals surface area (Å²) in [5.41, 5.74) is 2.27. The van der Waals surface area contributed by atoms with Crippen LogP contribution in [0.4, 0.5) is 0 Å². The minimum Gasteiger partial charge on any atom is -0.459 e. The van der Waals surface area contributed by atoms with E-state index in [2.05, 4.69) is 38.3 Å². The Labute approximate surface area is 131 Å². The Morgan fingerprint density at radius 2 is 1.48 bits per heavy atom. The molecule has 0 spiro atoms. The number of aromatic nitrogens is 3. The lowest BCUT2D eigenvalue weighted by atomic mass is 10.2. The molecule has 4 nitrogen and oxygen atoms in total. The lowest BCUT2D eigenvalue weighted by Crippen LogP contribution is -2.06. The standard InChI is InChI=1S/C16H14BrN3O/c17-15-18-19-16(21-12-14-9-5-2-6-10-14)20(15)11-13-7-3-1-4-8-13/h1-10H,11-12H2. The zero-order valence-electron chi connectivity index (χ0n) is 11.3. The number of rotatable bonds is 5. The van der Waals surface area contributed by atoms with Crippen molar-refractivity contribution in [1.82, 2.24) is 14.8 Å². The van der Waals surface area contributed by atoms with Gasteiger partial charge in [0.25, 0.3) is 0 Å². The van der Waals surface area contributed by atoms with Gasteiger partial charge in [-0.15, -0.1) is 5.10 Å². The summed E-state index contributed by atoms with van der Waals surface area (Å²) in [6, 6.07) is 20.7. The summed E-state index contributed by atoms with van der Waals surface area (Å²) in [5.74, 6) is 0. The summed E-state index contributed by atoms with van der Waals surface area (Å²) in [7, 11) is 0. The first-order chi connectivity index (χ1) is 10.3. The Kier molecular flexibility index (Phi) is 4.31. The quantitative estimate of drug-likeness (QED) is 0.709. The topological polar surface area (TPSA) is 39.9 Å². The van der Waals surface area contributed by atoms with Gasteiger partial charge in [-0.25, -0.2) is 0 Å². The summed E-state index contributed by atoms with van der Waals surface area (Å²) in [4.78, 5) is 0. The van der Waals surface area contributed by atoms with Gasteiger partial charge >= 0.3 is 6.01 Å². The minimum absolute atomic E-state index is 0.473. The van der Waals surface area contributed by atoms with Gasteiger partial charge in [0.1, 0.15) is 6.61 Å². The van der Waals surface area contributed by atoms with Crippen molar-refractivity contribution in [2.45, 2.75) is 13.2 Å². The Morgan fingerprint density at radius 1 is 0.857 bits per heavy atom. The predicted molar refractivity (Wildman–Crippen MR) is 84.0 cm³/mol. The van der Waals surface area contributed by atoms with Gasteiger partial charge in [0.2, 0.25) is 4.73 Å². The molecule has 3 rings (SSSR count). The molecular formula is C16H14BrN3O. The number of ether oxygens (including phenoxy) is 1. The van der Waals surface area contributed by atoms with Crippen molar-refractivity contribution in [3.8, 4) is 6.01 Å². The summed E-state index contributed by atoms with van der Waals surface area (Å²) in [5, 5.41) is 8.10. The summed E-state index contributed by atoms with van der Waals surface area (Å²) in [6.07, 6.45) is 0. The predicted octanol–water partition coefficient (Wildman–Crippen LogP) is 3.67. The molecule has 0 aliphatic heterocycles. The molecule has 1 heterocycles. The first-order valence-corrected chi connectivity index (χ1v) is 7.41. The molecule has 106 valence electrons. The normalized spacial score (nSPS) is 10.5. The van der Waals surface area contributed by atoms with Crippen molar-refractivity contribution in [3.05, 3.63) is 76.5 Å². The van der Waals surface area contributed by atoms with Gasteiger partial charge in [-0.1, -0.05) is 65.8 Å². The van der Waals surface area contributed by atoms with Gasteiger partial charge in [-0.3, -0.25) is 4.57 Å². The van der Waals surface area contributed by atoms with E-state index in [4.69, 9.17) is 4.74 Å². The molecule has 3 aromatic rings. The van der Waals surface area contributed by atoms with Gasteiger partial charge < -0.3 is 4.74 Å². The summed E-state index contributed by atoms with van der Waals surface area (Å²) in [6.45, 7) is 1.14. The minimum atomic E-state index is 0.473. The second-order valence-electron chi connectivity index (χ2n) is 4.60. The summed E-state index contributed by atoms with van der Waals surface area (Å²) >= 11 is 3.41. The number of halogens is 1. The van der Waals surface area contributed by atoms with Crippen molar-refractivity contribution in [3.63, 3.8) is 0 Å². The van der Waals surface area contributed by atoms with Crippen molar-refractivity contribution in [2.24, 2.45) is 0 Å². The van der Waals surface area contributed by atoms with E-state index in [0.717, 1.165) is 5.56 Å². The second-order valence-corrected chi connectivity index (χ2v) is 5.31. The van der Waals surface area contributed by atoms with E-state index >= 15 is 0 Å². The van der Waals surface area contributed by atoms with E-state index in [-0.39, 0.29) is 0 Å². The van der Waals surface area contributed by atoms with E-state index in [1.165, 1.54) is 5.56 Å². The van der Waals surface area contributed by atoms with Gasteiger partial charge in [0.05, 0.1) is 6.54 Å². The molecule has 0 amide bonds.